The van der Waals surface area contributed by atoms with E-state index in [-0.39, 0.29) is 18.4 Å². The van der Waals surface area contributed by atoms with Crippen LogP contribution in [-0.4, -0.2) is 5.91 Å². The normalized spacial score (nSPS) is 11.7. The first-order valence-electron chi connectivity index (χ1n) is 4.97. The Morgan fingerprint density at radius 1 is 1.73 bits per heavy atom. The van der Waals surface area contributed by atoms with Crippen LogP contribution in [0.4, 0.5) is 0 Å². The molecule has 0 aliphatic rings. The first-order valence-corrected chi connectivity index (χ1v) is 5.85. The average Bonchev–Trinajstić information content (AvgIpc) is 2.70. The van der Waals surface area contributed by atoms with Crippen LogP contribution >= 0.6 is 11.3 Å². The van der Waals surface area contributed by atoms with Crippen molar-refractivity contribution >= 4 is 17.2 Å². The summed E-state index contributed by atoms with van der Waals surface area (Å²) in [5.41, 5.74) is 0. The van der Waals surface area contributed by atoms with Crippen LogP contribution in [0.3, 0.4) is 0 Å². The van der Waals surface area contributed by atoms with Crippen molar-refractivity contribution in [3.63, 3.8) is 0 Å². The van der Waals surface area contributed by atoms with Crippen molar-refractivity contribution < 1.29 is 4.79 Å². The Hall–Kier alpha value is -1.34. The molecule has 0 radical (unpaired) electrons. The number of nitriles is 1. The lowest BCUT2D eigenvalue weighted by Gasteiger charge is -2.15. The van der Waals surface area contributed by atoms with E-state index in [4.69, 9.17) is 5.26 Å². The van der Waals surface area contributed by atoms with Crippen LogP contribution in [0.15, 0.2) is 17.5 Å². The molecule has 1 aromatic heterocycles. The Bertz CT molecular complexity index is 340. The molecule has 0 aliphatic carbocycles. The van der Waals surface area contributed by atoms with Gasteiger partial charge in [-0.2, -0.15) is 5.26 Å². The van der Waals surface area contributed by atoms with E-state index in [9.17, 15) is 4.79 Å². The molecule has 1 rings (SSSR count). The molecule has 0 saturated carbocycles. The van der Waals surface area contributed by atoms with E-state index < -0.39 is 0 Å². The fraction of sp³-hybridized carbons (Fsp3) is 0.455. The van der Waals surface area contributed by atoms with Crippen molar-refractivity contribution in [2.45, 2.75) is 32.2 Å². The average molecular weight is 222 g/mol. The Balaban J connectivity index is 2.60. The standard InChI is InChI=1S/C11H14N2OS/c1-2-4-9(10-5-3-8-15-10)13-11(14)6-7-12/h3,5,8-9H,2,4,6H2,1H3,(H,13,14). The minimum absolute atomic E-state index is 0.0639. The monoisotopic (exact) mass is 222 g/mol. The summed E-state index contributed by atoms with van der Waals surface area (Å²) < 4.78 is 0. The Morgan fingerprint density at radius 3 is 3.07 bits per heavy atom. The number of hydrogen-bond donors (Lipinski definition) is 1. The fourth-order valence-corrected chi connectivity index (χ4v) is 2.19. The Kier molecular flexibility index (Phi) is 4.85. The summed E-state index contributed by atoms with van der Waals surface area (Å²) in [6, 6.07) is 5.90. The van der Waals surface area contributed by atoms with E-state index >= 15 is 0 Å². The highest BCUT2D eigenvalue weighted by molar-refractivity contribution is 7.10. The maximum atomic E-state index is 11.3. The second-order valence-electron chi connectivity index (χ2n) is 3.26. The molecular weight excluding hydrogens is 208 g/mol. The molecule has 0 spiro atoms. The zero-order valence-electron chi connectivity index (χ0n) is 8.69. The SMILES string of the molecule is CCCC(NC(=O)CC#N)c1cccs1. The number of rotatable bonds is 5. The van der Waals surface area contributed by atoms with Gasteiger partial charge in [-0.15, -0.1) is 11.3 Å². The quantitative estimate of drug-likeness (QED) is 0.832. The maximum Gasteiger partial charge on any atom is 0.234 e. The predicted molar refractivity (Wildman–Crippen MR) is 60.3 cm³/mol. The number of nitrogens with one attached hydrogen (secondary N) is 1. The fourth-order valence-electron chi connectivity index (χ4n) is 1.38. The van der Waals surface area contributed by atoms with Gasteiger partial charge >= 0.3 is 0 Å². The number of carbonyl (C=O) groups excluding carboxylic acids is 1. The molecule has 4 heteroatoms. The van der Waals surface area contributed by atoms with Gasteiger partial charge in [0.25, 0.3) is 0 Å². The van der Waals surface area contributed by atoms with Crippen LogP contribution in [0.5, 0.6) is 0 Å². The molecule has 15 heavy (non-hydrogen) atoms. The van der Waals surface area contributed by atoms with Gasteiger partial charge in [0.1, 0.15) is 6.42 Å². The third-order valence-corrected chi connectivity index (χ3v) is 3.02. The van der Waals surface area contributed by atoms with Gasteiger partial charge in [-0.3, -0.25) is 4.79 Å². The second kappa shape index (κ2) is 6.20. The summed E-state index contributed by atoms with van der Waals surface area (Å²) in [6.07, 6.45) is 1.86. The first-order chi connectivity index (χ1) is 7.27. The minimum atomic E-state index is -0.190. The third-order valence-electron chi connectivity index (χ3n) is 2.04. The molecule has 1 N–H and O–H groups in total. The molecule has 1 amide bonds. The van der Waals surface area contributed by atoms with Crippen LogP contribution in [0.25, 0.3) is 0 Å². The zero-order chi connectivity index (χ0) is 11.1. The summed E-state index contributed by atoms with van der Waals surface area (Å²) in [5.74, 6) is -0.190. The van der Waals surface area contributed by atoms with E-state index in [1.165, 1.54) is 0 Å². The lowest BCUT2D eigenvalue weighted by Crippen LogP contribution is -2.27. The Morgan fingerprint density at radius 2 is 2.53 bits per heavy atom. The van der Waals surface area contributed by atoms with Gasteiger partial charge in [0.2, 0.25) is 5.91 Å². The van der Waals surface area contributed by atoms with E-state index in [0.29, 0.717) is 0 Å². The number of carbonyl (C=O) groups is 1. The summed E-state index contributed by atoms with van der Waals surface area (Å²) in [6.45, 7) is 2.08. The molecule has 1 atom stereocenters. The molecular formula is C11H14N2OS. The molecule has 0 aliphatic heterocycles. The van der Waals surface area contributed by atoms with Gasteiger partial charge in [0.15, 0.2) is 0 Å². The van der Waals surface area contributed by atoms with Crippen molar-refractivity contribution in [1.29, 1.82) is 5.26 Å². The van der Waals surface area contributed by atoms with E-state index in [2.05, 4.69) is 12.2 Å². The second-order valence-corrected chi connectivity index (χ2v) is 4.24. The molecule has 0 aromatic carbocycles. The first kappa shape index (κ1) is 11.7. The number of nitrogens with zero attached hydrogens (tertiary/aromatic N) is 1. The number of amides is 1. The molecule has 1 unspecified atom stereocenters. The van der Waals surface area contributed by atoms with Crippen molar-refractivity contribution in [2.75, 3.05) is 0 Å². The van der Waals surface area contributed by atoms with Crippen LogP contribution in [-0.2, 0) is 4.79 Å². The van der Waals surface area contributed by atoms with E-state index in [1.807, 2.05) is 23.6 Å². The molecule has 1 heterocycles. The minimum Gasteiger partial charge on any atom is -0.348 e. The molecule has 3 nitrogen and oxygen atoms in total. The van der Waals surface area contributed by atoms with E-state index in [1.54, 1.807) is 11.3 Å². The zero-order valence-corrected chi connectivity index (χ0v) is 9.51. The van der Waals surface area contributed by atoms with Gasteiger partial charge in [-0.05, 0) is 17.9 Å². The van der Waals surface area contributed by atoms with Crippen LogP contribution in [0.1, 0.15) is 37.1 Å². The van der Waals surface area contributed by atoms with Crippen molar-refractivity contribution in [3.05, 3.63) is 22.4 Å². The molecule has 1 aromatic rings. The largest absolute Gasteiger partial charge is 0.348 e. The van der Waals surface area contributed by atoms with Crippen LogP contribution < -0.4 is 5.32 Å². The highest BCUT2D eigenvalue weighted by Crippen LogP contribution is 2.23. The number of thiophene rings is 1. The van der Waals surface area contributed by atoms with E-state index in [0.717, 1.165) is 17.7 Å². The topological polar surface area (TPSA) is 52.9 Å². The molecule has 0 fully saturated rings. The number of hydrogen-bond acceptors (Lipinski definition) is 3. The predicted octanol–water partition coefficient (Wildman–Crippen LogP) is 2.62. The van der Waals surface area contributed by atoms with Gasteiger partial charge in [-0.1, -0.05) is 19.4 Å². The highest BCUT2D eigenvalue weighted by Gasteiger charge is 2.13. The summed E-state index contributed by atoms with van der Waals surface area (Å²) in [5, 5.41) is 13.3. The summed E-state index contributed by atoms with van der Waals surface area (Å²) in [7, 11) is 0. The van der Waals surface area contributed by atoms with Crippen LogP contribution in [0.2, 0.25) is 0 Å². The van der Waals surface area contributed by atoms with Gasteiger partial charge in [-0.25, -0.2) is 0 Å². The van der Waals surface area contributed by atoms with Gasteiger partial charge < -0.3 is 5.32 Å². The highest BCUT2D eigenvalue weighted by atomic mass is 32.1. The lowest BCUT2D eigenvalue weighted by molar-refractivity contribution is -0.120. The van der Waals surface area contributed by atoms with Gasteiger partial charge in [0.05, 0.1) is 12.1 Å². The van der Waals surface area contributed by atoms with Crippen molar-refractivity contribution in [2.24, 2.45) is 0 Å². The van der Waals surface area contributed by atoms with Crippen molar-refractivity contribution in [1.82, 2.24) is 5.32 Å². The Labute approximate surface area is 93.7 Å². The lowest BCUT2D eigenvalue weighted by atomic mass is 10.1. The smallest absolute Gasteiger partial charge is 0.234 e. The van der Waals surface area contributed by atoms with Gasteiger partial charge in [0, 0.05) is 4.88 Å². The van der Waals surface area contributed by atoms with Crippen LogP contribution in [0, 0.1) is 11.3 Å². The summed E-state index contributed by atoms with van der Waals surface area (Å²) in [4.78, 5) is 12.5. The molecule has 0 saturated heterocycles. The maximum absolute atomic E-state index is 11.3. The summed E-state index contributed by atoms with van der Waals surface area (Å²) >= 11 is 1.63. The molecule has 0 bridgehead atoms. The van der Waals surface area contributed by atoms with Crippen molar-refractivity contribution in [3.8, 4) is 6.07 Å². The third kappa shape index (κ3) is 3.72. The molecule has 80 valence electrons.